The van der Waals surface area contributed by atoms with Gasteiger partial charge in [-0.1, -0.05) is 26.7 Å². The smallest absolute Gasteiger partial charge is 0.00956 e. The maximum Gasteiger partial charge on any atom is 0.00956 e. The number of hydrogen-bond donors (Lipinski definition) is 1. The van der Waals surface area contributed by atoms with Gasteiger partial charge in [0.1, 0.15) is 0 Å². The van der Waals surface area contributed by atoms with Gasteiger partial charge in [0, 0.05) is 18.3 Å². The minimum absolute atomic E-state index is 0.830. The van der Waals surface area contributed by atoms with E-state index >= 15 is 0 Å². The Morgan fingerprint density at radius 2 is 2.13 bits per heavy atom. The Hall–Kier alpha value is 0.310. The molecule has 1 aliphatic carbocycles. The predicted molar refractivity (Wildman–Crippen MR) is 71.6 cm³/mol. The fraction of sp³-hybridized carbons (Fsp3) is 1.00. The van der Waals surface area contributed by atoms with Gasteiger partial charge in [-0.15, -0.1) is 0 Å². The van der Waals surface area contributed by atoms with E-state index in [1.807, 2.05) is 11.8 Å². The molecule has 0 radical (unpaired) electrons. The topological polar surface area (TPSA) is 12.0 Å². The van der Waals surface area contributed by atoms with E-state index < -0.39 is 0 Å². The first-order valence-corrected chi connectivity index (χ1v) is 7.85. The second kappa shape index (κ2) is 7.56. The van der Waals surface area contributed by atoms with Crippen LogP contribution in [-0.4, -0.2) is 24.6 Å². The van der Waals surface area contributed by atoms with Crippen molar-refractivity contribution in [3.63, 3.8) is 0 Å². The minimum Gasteiger partial charge on any atom is -0.313 e. The second-order valence-electron chi connectivity index (χ2n) is 5.22. The minimum atomic E-state index is 0.830. The molecule has 1 aliphatic rings. The molecule has 1 fully saturated rings. The maximum atomic E-state index is 3.74. The van der Waals surface area contributed by atoms with Gasteiger partial charge in [0.2, 0.25) is 0 Å². The molecule has 0 aromatic heterocycles. The molecule has 1 N–H and O–H groups in total. The molecule has 2 unspecified atom stereocenters. The van der Waals surface area contributed by atoms with Gasteiger partial charge in [-0.05, 0) is 37.4 Å². The highest BCUT2D eigenvalue weighted by Gasteiger charge is 2.26. The lowest BCUT2D eigenvalue weighted by molar-refractivity contribution is 0.357. The molecule has 0 heterocycles. The van der Waals surface area contributed by atoms with Gasteiger partial charge < -0.3 is 5.32 Å². The van der Waals surface area contributed by atoms with Gasteiger partial charge in [0.05, 0.1) is 0 Å². The molecule has 0 aromatic carbocycles. The summed E-state index contributed by atoms with van der Waals surface area (Å²) in [6.07, 6.45) is 9.35. The Bertz CT molecular complexity index is 159. The van der Waals surface area contributed by atoms with Crippen LogP contribution in [0.4, 0.5) is 0 Å². The summed E-state index contributed by atoms with van der Waals surface area (Å²) >= 11 is 1.94. The zero-order valence-electron chi connectivity index (χ0n) is 10.6. The van der Waals surface area contributed by atoms with Crippen molar-refractivity contribution in [2.24, 2.45) is 11.8 Å². The van der Waals surface area contributed by atoms with E-state index in [9.17, 15) is 0 Å². The average molecular weight is 229 g/mol. The molecule has 1 nitrogen and oxygen atoms in total. The molecule has 0 aliphatic heterocycles. The monoisotopic (exact) mass is 229 g/mol. The molecule has 0 bridgehead atoms. The Morgan fingerprint density at radius 1 is 1.33 bits per heavy atom. The Labute approximate surface area is 99.8 Å². The molecular weight excluding hydrogens is 202 g/mol. The summed E-state index contributed by atoms with van der Waals surface area (Å²) in [7, 11) is 0. The van der Waals surface area contributed by atoms with Crippen molar-refractivity contribution in [2.45, 2.75) is 52.0 Å². The molecular formula is C13H27NS. The highest BCUT2D eigenvalue weighted by Crippen LogP contribution is 2.30. The number of rotatable bonds is 7. The van der Waals surface area contributed by atoms with Crippen LogP contribution < -0.4 is 5.32 Å². The van der Waals surface area contributed by atoms with Crippen molar-refractivity contribution in [1.29, 1.82) is 0 Å². The highest BCUT2D eigenvalue weighted by atomic mass is 32.2. The number of nitrogens with one attached hydrogen (secondary N) is 1. The predicted octanol–water partition coefficient (Wildman–Crippen LogP) is 3.54. The third-order valence-electron chi connectivity index (χ3n) is 3.49. The summed E-state index contributed by atoms with van der Waals surface area (Å²) in [5, 5.41) is 3.74. The van der Waals surface area contributed by atoms with Crippen LogP contribution in [0.1, 0.15) is 46.0 Å². The number of hydrogen-bond acceptors (Lipinski definition) is 2. The first kappa shape index (κ1) is 13.4. The lowest BCUT2D eigenvalue weighted by Crippen LogP contribution is -2.34. The second-order valence-corrected chi connectivity index (χ2v) is 6.20. The van der Waals surface area contributed by atoms with Crippen molar-refractivity contribution < 1.29 is 0 Å². The summed E-state index contributed by atoms with van der Waals surface area (Å²) in [4.78, 5) is 0. The Balaban J connectivity index is 2.17. The van der Waals surface area contributed by atoms with Crippen LogP contribution in [0.3, 0.4) is 0 Å². The lowest BCUT2D eigenvalue weighted by Gasteiger charge is -2.21. The van der Waals surface area contributed by atoms with Crippen LogP contribution in [0.25, 0.3) is 0 Å². The number of thioether (sulfide) groups is 1. The average Bonchev–Trinajstić information content (AvgIpc) is 2.63. The summed E-state index contributed by atoms with van der Waals surface area (Å²) in [6.45, 7) is 5.88. The van der Waals surface area contributed by atoms with Crippen LogP contribution in [0.15, 0.2) is 0 Å². The molecule has 15 heavy (non-hydrogen) atoms. The van der Waals surface area contributed by atoms with E-state index in [-0.39, 0.29) is 0 Å². The summed E-state index contributed by atoms with van der Waals surface area (Å²) in [5.41, 5.74) is 0. The highest BCUT2D eigenvalue weighted by molar-refractivity contribution is 7.98. The van der Waals surface area contributed by atoms with Gasteiger partial charge >= 0.3 is 0 Å². The third kappa shape index (κ3) is 5.26. The quantitative estimate of drug-likeness (QED) is 0.670. The maximum absolute atomic E-state index is 3.74. The van der Waals surface area contributed by atoms with Gasteiger partial charge in [-0.25, -0.2) is 0 Å². The standard InChI is InChI=1S/C13H27NS/c1-11(2)7-8-12-5-4-6-13(12)14-9-10-15-3/h11-14H,4-10H2,1-3H3. The molecule has 0 saturated heterocycles. The van der Waals surface area contributed by atoms with Gasteiger partial charge in [0.25, 0.3) is 0 Å². The molecule has 0 aromatic rings. The fourth-order valence-corrected chi connectivity index (χ4v) is 2.87. The third-order valence-corrected chi connectivity index (χ3v) is 4.10. The first-order valence-electron chi connectivity index (χ1n) is 6.46. The van der Waals surface area contributed by atoms with Crippen LogP contribution in [0.5, 0.6) is 0 Å². The summed E-state index contributed by atoms with van der Waals surface area (Å²) in [5.74, 6) is 3.10. The Kier molecular flexibility index (Phi) is 6.74. The molecule has 1 rings (SSSR count). The van der Waals surface area contributed by atoms with Crippen molar-refractivity contribution in [3.8, 4) is 0 Å². The van der Waals surface area contributed by atoms with E-state index in [1.165, 1.54) is 44.4 Å². The first-order chi connectivity index (χ1) is 7.24. The summed E-state index contributed by atoms with van der Waals surface area (Å²) in [6, 6.07) is 0.830. The zero-order chi connectivity index (χ0) is 11.1. The fourth-order valence-electron chi connectivity index (χ4n) is 2.54. The molecule has 2 heteroatoms. The molecule has 1 saturated carbocycles. The van der Waals surface area contributed by atoms with Crippen molar-refractivity contribution in [2.75, 3.05) is 18.6 Å². The molecule has 2 atom stereocenters. The van der Waals surface area contributed by atoms with Crippen LogP contribution >= 0.6 is 11.8 Å². The molecule has 90 valence electrons. The molecule has 0 amide bonds. The van der Waals surface area contributed by atoms with Crippen molar-refractivity contribution in [3.05, 3.63) is 0 Å². The van der Waals surface area contributed by atoms with Crippen LogP contribution in [-0.2, 0) is 0 Å². The molecule has 0 spiro atoms. The lowest BCUT2D eigenvalue weighted by atomic mass is 9.94. The van der Waals surface area contributed by atoms with Crippen LogP contribution in [0, 0.1) is 11.8 Å². The van der Waals surface area contributed by atoms with E-state index in [0.29, 0.717) is 0 Å². The van der Waals surface area contributed by atoms with Gasteiger partial charge in [-0.3, -0.25) is 0 Å². The zero-order valence-corrected chi connectivity index (χ0v) is 11.4. The van der Waals surface area contributed by atoms with E-state index in [2.05, 4.69) is 25.4 Å². The van der Waals surface area contributed by atoms with E-state index in [1.54, 1.807) is 0 Å². The van der Waals surface area contributed by atoms with Gasteiger partial charge in [0.15, 0.2) is 0 Å². The van der Waals surface area contributed by atoms with E-state index in [0.717, 1.165) is 17.9 Å². The van der Waals surface area contributed by atoms with Crippen molar-refractivity contribution in [1.82, 2.24) is 5.32 Å². The summed E-state index contributed by atoms with van der Waals surface area (Å²) < 4.78 is 0. The largest absolute Gasteiger partial charge is 0.313 e. The SMILES string of the molecule is CSCCNC1CCCC1CCC(C)C. The Morgan fingerprint density at radius 3 is 2.80 bits per heavy atom. The van der Waals surface area contributed by atoms with Crippen molar-refractivity contribution >= 4 is 11.8 Å². The van der Waals surface area contributed by atoms with Crippen LogP contribution in [0.2, 0.25) is 0 Å². The van der Waals surface area contributed by atoms with Gasteiger partial charge in [-0.2, -0.15) is 11.8 Å². The van der Waals surface area contributed by atoms with E-state index in [4.69, 9.17) is 0 Å². The normalized spacial score (nSPS) is 26.4.